The molecule has 2 N–H and O–H groups in total. The normalized spacial score (nSPS) is 31.0. The molecule has 0 radical (unpaired) electrons. The van der Waals surface area contributed by atoms with E-state index in [4.69, 9.17) is 9.57 Å². The van der Waals surface area contributed by atoms with Gasteiger partial charge in [0, 0.05) is 28.1 Å². The molecular weight excluding hydrogens is 746 g/mol. The van der Waals surface area contributed by atoms with Crippen molar-refractivity contribution in [2.75, 3.05) is 7.11 Å². The van der Waals surface area contributed by atoms with Gasteiger partial charge >= 0.3 is 5.97 Å². The van der Waals surface area contributed by atoms with Crippen LogP contribution in [0.4, 0.5) is 0 Å². The lowest BCUT2D eigenvalue weighted by Gasteiger charge is -2.58. The summed E-state index contributed by atoms with van der Waals surface area (Å²) < 4.78 is 11.9. The molecule has 54 heavy (non-hydrogen) atoms. The van der Waals surface area contributed by atoms with Gasteiger partial charge < -0.3 is 29.3 Å². The van der Waals surface area contributed by atoms with Gasteiger partial charge in [0.25, 0.3) is 0 Å². The van der Waals surface area contributed by atoms with Crippen LogP contribution in [-0.4, -0.2) is 53.3 Å². The van der Waals surface area contributed by atoms with Gasteiger partial charge in [-0.1, -0.05) is 112 Å². The summed E-state index contributed by atoms with van der Waals surface area (Å²) >= 11 is 3.47. The fourth-order valence-corrected chi connectivity index (χ4v) is 9.60. The Balaban J connectivity index is 0.000000445. The number of aliphatic hydroxyl groups excluding tert-OH is 2. The van der Waals surface area contributed by atoms with Crippen LogP contribution < -0.4 is 0 Å². The number of methoxy groups -OCH3 is 1. The lowest BCUT2D eigenvalue weighted by Crippen LogP contribution is -2.57. The molecule has 0 bridgehead atoms. The summed E-state index contributed by atoms with van der Waals surface area (Å²) in [4.78, 5) is 25.3. The minimum atomic E-state index is -0.663. The van der Waals surface area contributed by atoms with Gasteiger partial charge in [0.15, 0.2) is 6.29 Å². The van der Waals surface area contributed by atoms with Crippen LogP contribution in [-0.2, 0) is 30.5 Å². The number of esters is 1. The molecule has 4 saturated carbocycles. The standard InChI is InChI=1S/C33H44BrNO4.C5H10O2.C4H10.C3H6O/c1-32-17-16-25(35-38-20-21-8-11-24(34)12-9-21)18-23(32)10-13-26-27-14-15-29(33(27,2)19-28(36)30(26)32)39-31(37)22-6-4-3-5-7-22;1-3-4-5(6)7-2;1-3-4-2;1-3(2)4/h8-9,11-12,16-18,22,26-31,36-37H,3-7,10,13-15,19-20H2,1-2H3;3-4H2,1-2H3;3-4H2,1-2H3;1-2H3/b35-25+;;;/t26?,27?,28?,29-,30?,31?,32?,33?;;;/m1.../s1. The van der Waals surface area contributed by atoms with E-state index in [2.05, 4.69) is 71.7 Å². The predicted molar refractivity (Wildman–Crippen MR) is 221 cm³/mol. The number of ether oxygens (including phenoxy) is 2. The molecule has 5 aliphatic rings. The third-order valence-electron chi connectivity index (χ3n) is 12.3. The minimum absolute atomic E-state index is 0.0308. The topological polar surface area (TPSA) is 115 Å². The second-order valence-electron chi connectivity index (χ2n) is 16.5. The number of fused-ring (bicyclic) bond motifs is 5. The van der Waals surface area contributed by atoms with Crippen LogP contribution in [0.25, 0.3) is 0 Å². The highest BCUT2D eigenvalue weighted by Gasteiger charge is 2.62. The average molecular weight is 817 g/mol. The number of halogens is 1. The summed E-state index contributed by atoms with van der Waals surface area (Å²) in [7, 11) is 1.40. The van der Waals surface area contributed by atoms with E-state index in [9.17, 15) is 19.8 Å². The van der Waals surface area contributed by atoms with Gasteiger partial charge in [-0.3, -0.25) is 4.79 Å². The summed E-state index contributed by atoms with van der Waals surface area (Å²) in [6, 6.07) is 8.09. The molecule has 0 aromatic heterocycles. The molecule has 4 fully saturated rings. The van der Waals surface area contributed by atoms with Crippen LogP contribution >= 0.6 is 15.9 Å². The van der Waals surface area contributed by atoms with Crippen molar-refractivity contribution in [3.8, 4) is 0 Å². The number of nitrogens with zero attached hydrogens (tertiary/aromatic N) is 1. The van der Waals surface area contributed by atoms with Gasteiger partial charge in [0.2, 0.25) is 0 Å². The van der Waals surface area contributed by atoms with E-state index in [0.29, 0.717) is 24.9 Å². The number of allylic oxidation sites excluding steroid dienone is 4. The molecule has 1 aromatic carbocycles. The van der Waals surface area contributed by atoms with Crippen LogP contribution in [0.1, 0.15) is 144 Å². The van der Waals surface area contributed by atoms with Crippen molar-refractivity contribution in [1.82, 2.24) is 0 Å². The smallest absolute Gasteiger partial charge is 0.305 e. The lowest BCUT2D eigenvalue weighted by atomic mass is 9.47. The van der Waals surface area contributed by atoms with Crippen LogP contribution in [0.3, 0.4) is 0 Å². The van der Waals surface area contributed by atoms with E-state index < -0.39 is 12.4 Å². The molecule has 9 heteroatoms. The number of oxime groups is 1. The van der Waals surface area contributed by atoms with E-state index in [1.807, 2.05) is 31.2 Å². The Bertz CT molecular complexity index is 1400. The first-order chi connectivity index (χ1) is 25.7. The van der Waals surface area contributed by atoms with Crippen molar-refractivity contribution in [3.63, 3.8) is 0 Å². The Morgan fingerprint density at radius 1 is 0.963 bits per heavy atom. The Morgan fingerprint density at radius 2 is 1.61 bits per heavy atom. The molecule has 5 aliphatic carbocycles. The molecule has 8 atom stereocenters. The fourth-order valence-electron chi connectivity index (χ4n) is 9.34. The number of aliphatic hydroxyl groups is 2. The molecule has 7 unspecified atom stereocenters. The zero-order valence-corrected chi connectivity index (χ0v) is 36.0. The molecule has 0 heterocycles. The fraction of sp³-hybridized carbons (Fsp3) is 0.711. The molecule has 6 rings (SSSR count). The van der Waals surface area contributed by atoms with Crippen molar-refractivity contribution in [2.24, 2.45) is 39.7 Å². The highest BCUT2D eigenvalue weighted by molar-refractivity contribution is 9.10. The van der Waals surface area contributed by atoms with Crippen LogP contribution in [0.2, 0.25) is 0 Å². The Labute approximate surface area is 334 Å². The highest BCUT2D eigenvalue weighted by Crippen LogP contribution is 2.65. The van der Waals surface area contributed by atoms with E-state index >= 15 is 0 Å². The maximum absolute atomic E-state index is 11.7. The molecule has 0 spiro atoms. The lowest BCUT2D eigenvalue weighted by molar-refractivity contribution is -0.213. The summed E-state index contributed by atoms with van der Waals surface area (Å²) in [5.74, 6) is 1.48. The van der Waals surface area contributed by atoms with Crippen molar-refractivity contribution in [3.05, 3.63) is 58.1 Å². The molecule has 8 nitrogen and oxygen atoms in total. The third-order valence-corrected chi connectivity index (χ3v) is 12.8. The maximum Gasteiger partial charge on any atom is 0.305 e. The van der Waals surface area contributed by atoms with Gasteiger partial charge in [-0.25, -0.2) is 0 Å². The number of Topliss-reactive ketones (excluding diaryl/α,β-unsaturated/α-hetero) is 1. The van der Waals surface area contributed by atoms with Gasteiger partial charge in [0.1, 0.15) is 18.1 Å². The van der Waals surface area contributed by atoms with E-state index in [0.717, 1.165) is 67.1 Å². The first kappa shape index (κ1) is 46.1. The van der Waals surface area contributed by atoms with Crippen LogP contribution in [0.5, 0.6) is 0 Å². The number of hydrogen-bond acceptors (Lipinski definition) is 8. The zero-order valence-electron chi connectivity index (χ0n) is 34.5. The summed E-state index contributed by atoms with van der Waals surface area (Å²) in [5, 5.41) is 27.1. The molecule has 1 aromatic rings. The van der Waals surface area contributed by atoms with Crippen molar-refractivity contribution >= 4 is 33.4 Å². The van der Waals surface area contributed by atoms with Crippen LogP contribution in [0, 0.1) is 34.5 Å². The minimum Gasteiger partial charge on any atom is -0.469 e. The first-order valence-electron chi connectivity index (χ1n) is 20.6. The summed E-state index contributed by atoms with van der Waals surface area (Å²) in [5.41, 5.74) is 3.03. The molecular formula is C45H70BrNO7. The van der Waals surface area contributed by atoms with Gasteiger partial charge in [0.05, 0.1) is 19.3 Å². The van der Waals surface area contributed by atoms with Crippen molar-refractivity contribution in [1.29, 1.82) is 0 Å². The number of ketones is 1. The maximum atomic E-state index is 11.7. The SMILES string of the molecule is CC(C)=O.CC12C=C/C(=N\OCc3ccc(Br)cc3)C=C1CCC1C2C(O)CC2(C)C1CC[C@H]2OC(O)C1CCCCC1.CCCC.CCCC(=O)OC. The third kappa shape index (κ3) is 12.6. The predicted octanol–water partition coefficient (Wildman–Crippen LogP) is 10.7. The van der Waals surface area contributed by atoms with E-state index in [1.165, 1.54) is 58.6 Å². The van der Waals surface area contributed by atoms with Crippen molar-refractivity contribution in [2.45, 2.75) is 163 Å². The van der Waals surface area contributed by atoms with Crippen molar-refractivity contribution < 1.29 is 34.1 Å². The van der Waals surface area contributed by atoms with Gasteiger partial charge in [-0.05, 0) is 112 Å². The van der Waals surface area contributed by atoms with E-state index in [-0.39, 0.29) is 40.5 Å². The Hall–Kier alpha value is -2.33. The monoisotopic (exact) mass is 815 g/mol. The zero-order chi connectivity index (χ0) is 39.9. The molecule has 304 valence electrons. The number of hydrogen-bond donors (Lipinski definition) is 2. The average Bonchev–Trinajstić information content (AvgIpc) is 3.47. The molecule has 0 saturated heterocycles. The molecule has 0 aliphatic heterocycles. The highest BCUT2D eigenvalue weighted by atomic mass is 79.9. The van der Waals surface area contributed by atoms with Gasteiger partial charge in [-0.2, -0.15) is 0 Å². The summed E-state index contributed by atoms with van der Waals surface area (Å²) in [6.07, 6.45) is 20.4. The summed E-state index contributed by atoms with van der Waals surface area (Å²) in [6.45, 7) is 14.4. The quantitative estimate of drug-likeness (QED) is 0.145. The van der Waals surface area contributed by atoms with Crippen LogP contribution in [0.15, 0.2) is 57.7 Å². The van der Waals surface area contributed by atoms with E-state index in [1.54, 1.807) is 0 Å². The van der Waals surface area contributed by atoms with Gasteiger partial charge in [-0.15, -0.1) is 0 Å². The number of rotatable bonds is 9. The number of carbonyl (C=O) groups is 2. The number of benzene rings is 1. The number of carbonyl (C=O) groups excluding carboxylic acids is 2. The second kappa shape index (κ2) is 22.4. The Kier molecular flexibility index (Phi) is 19.1. The first-order valence-corrected chi connectivity index (χ1v) is 21.4. The largest absolute Gasteiger partial charge is 0.469 e. The second-order valence-corrected chi connectivity index (χ2v) is 17.5. The number of unbranched alkanes of at least 4 members (excludes halogenated alkanes) is 1. The molecule has 0 amide bonds. The Morgan fingerprint density at radius 3 is 2.19 bits per heavy atom.